The van der Waals surface area contributed by atoms with E-state index in [1.54, 1.807) is 4.57 Å². The second kappa shape index (κ2) is 4.99. The predicted octanol–water partition coefficient (Wildman–Crippen LogP) is -0.0627. The smallest absolute Gasteiger partial charge is 0.406 e. The van der Waals surface area contributed by atoms with Gasteiger partial charge in [0.1, 0.15) is 0 Å². The summed E-state index contributed by atoms with van der Waals surface area (Å²) in [6.07, 6.45) is 2.26. The molecule has 82 valence electrons. The average Bonchev–Trinajstić information content (AvgIpc) is 2.66. The molecule has 2 N–H and O–H groups in total. The summed E-state index contributed by atoms with van der Waals surface area (Å²) in [5.74, 6) is -1.07. The van der Waals surface area contributed by atoms with E-state index in [2.05, 4.69) is 15.0 Å². The first-order valence-electron chi connectivity index (χ1n) is 4.20. The Morgan fingerprint density at radius 2 is 2.40 bits per heavy atom. The minimum atomic E-state index is -1.07. The molecule has 15 heavy (non-hydrogen) atoms. The van der Waals surface area contributed by atoms with Gasteiger partial charge in [0.2, 0.25) is 0 Å². The van der Waals surface area contributed by atoms with E-state index in [0.29, 0.717) is 13.1 Å². The molecular weight excluding hydrogens is 202 g/mol. The summed E-state index contributed by atoms with van der Waals surface area (Å²) in [7, 11) is 1.27. The highest BCUT2D eigenvalue weighted by molar-refractivity contribution is 5.84. The van der Waals surface area contributed by atoms with Crippen molar-refractivity contribution in [1.82, 2.24) is 14.9 Å². The minimum Gasteiger partial charge on any atom is -0.476 e. The van der Waals surface area contributed by atoms with Gasteiger partial charge in [-0.05, 0) is 0 Å². The van der Waals surface area contributed by atoms with Crippen LogP contribution < -0.4 is 5.32 Å². The van der Waals surface area contributed by atoms with Crippen LogP contribution >= 0.6 is 0 Å². The Bertz CT molecular complexity index is 361. The zero-order valence-corrected chi connectivity index (χ0v) is 8.14. The van der Waals surface area contributed by atoms with Crippen molar-refractivity contribution in [2.45, 2.75) is 6.54 Å². The Hall–Kier alpha value is -2.05. The highest BCUT2D eigenvalue weighted by Gasteiger charge is 2.06. The van der Waals surface area contributed by atoms with Crippen molar-refractivity contribution < 1.29 is 19.4 Å². The molecule has 1 aromatic rings. The molecule has 0 fully saturated rings. The molecule has 1 amide bonds. The molecule has 0 unspecified atom stereocenters. The van der Waals surface area contributed by atoms with Crippen molar-refractivity contribution in [3.8, 4) is 0 Å². The molecule has 0 bridgehead atoms. The number of aromatic carboxylic acids is 1. The van der Waals surface area contributed by atoms with Crippen LogP contribution in [-0.4, -0.2) is 40.4 Å². The molecule has 0 aliphatic heterocycles. The molecule has 0 saturated heterocycles. The van der Waals surface area contributed by atoms with Crippen LogP contribution in [-0.2, 0) is 11.3 Å². The number of hydrogen-bond donors (Lipinski definition) is 2. The summed E-state index contributed by atoms with van der Waals surface area (Å²) >= 11 is 0. The number of methoxy groups -OCH3 is 1. The third-order valence-corrected chi connectivity index (χ3v) is 1.68. The molecular formula is C8H11N3O4. The van der Waals surface area contributed by atoms with Crippen LogP contribution in [0.25, 0.3) is 0 Å². The second-order valence-electron chi connectivity index (χ2n) is 2.72. The lowest BCUT2D eigenvalue weighted by molar-refractivity contribution is 0.0691. The SMILES string of the molecule is COC(=O)NCCn1cnc(C(=O)O)c1. The lowest BCUT2D eigenvalue weighted by atomic mass is 10.5. The van der Waals surface area contributed by atoms with Crippen molar-refractivity contribution in [3.05, 3.63) is 18.2 Å². The number of imidazole rings is 1. The van der Waals surface area contributed by atoms with Crippen LogP contribution in [0.3, 0.4) is 0 Å². The monoisotopic (exact) mass is 213 g/mol. The number of nitrogens with zero attached hydrogens (tertiary/aromatic N) is 2. The molecule has 0 radical (unpaired) electrons. The van der Waals surface area contributed by atoms with Crippen LogP contribution in [0.1, 0.15) is 10.5 Å². The second-order valence-corrected chi connectivity index (χ2v) is 2.72. The Balaban J connectivity index is 2.38. The highest BCUT2D eigenvalue weighted by atomic mass is 16.5. The molecule has 1 aromatic heterocycles. The highest BCUT2D eigenvalue weighted by Crippen LogP contribution is 1.95. The van der Waals surface area contributed by atoms with Gasteiger partial charge in [-0.15, -0.1) is 0 Å². The fraction of sp³-hybridized carbons (Fsp3) is 0.375. The first-order chi connectivity index (χ1) is 7.13. The van der Waals surface area contributed by atoms with Crippen molar-refractivity contribution in [2.75, 3.05) is 13.7 Å². The third kappa shape index (κ3) is 3.29. The lowest BCUT2D eigenvalue weighted by Crippen LogP contribution is -2.26. The number of alkyl carbamates (subject to hydrolysis) is 1. The molecule has 0 atom stereocenters. The van der Waals surface area contributed by atoms with E-state index in [4.69, 9.17) is 5.11 Å². The normalized spacial score (nSPS) is 9.67. The number of amides is 1. The summed E-state index contributed by atoms with van der Waals surface area (Å²) in [5.41, 5.74) is -0.0203. The van der Waals surface area contributed by atoms with Gasteiger partial charge in [0.05, 0.1) is 13.4 Å². The molecule has 7 nitrogen and oxygen atoms in total. The van der Waals surface area contributed by atoms with E-state index in [9.17, 15) is 9.59 Å². The number of rotatable bonds is 4. The van der Waals surface area contributed by atoms with Gasteiger partial charge >= 0.3 is 12.1 Å². The van der Waals surface area contributed by atoms with E-state index >= 15 is 0 Å². The number of carbonyl (C=O) groups is 2. The fourth-order valence-corrected chi connectivity index (χ4v) is 0.952. The number of carboxylic acid groups (broad SMARTS) is 1. The number of nitrogens with one attached hydrogen (secondary N) is 1. The van der Waals surface area contributed by atoms with E-state index in [-0.39, 0.29) is 5.69 Å². The Morgan fingerprint density at radius 1 is 1.67 bits per heavy atom. The third-order valence-electron chi connectivity index (χ3n) is 1.68. The first kappa shape index (κ1) is 11.0. The molecule has 0 saturated carbocycles. The summed E-state index contributed by atoms with van der Waals surface area (Å²) in [6, 6.07) is 0. The molecule has 7 heteroatoms. The van der Waals surface area contributed by atoms with Gasteiger partial charge < -0.3 is 19.7 Å². The summed E-state index contributed by atoms with van der Waals surface area (Å²) in [6.45, 7) is 0.789. The van der Waals surface area contributed by atoms with Crippen LogP contribution in [0.15, 0.2) is 12.5 Å². The molecule has 1 rings (SSSR count). The molecule has 0 spiro atoms. The standard InChI is InChI=1S/C8H11N3O4/c1-15-8(14)9-2-3-11-4-6(7(12)13)10-5-11/h4-5H,2-3H2,1H3,(H,9,14)(H,12,13). The van der Waals surface area contributed by atoms with Crippen LogP contribution in [0.2, 0.25) is 0 Å². The predicted molar refractivity (Wildman–Crippen MR) is 49.6 cm³/mol. The van der Waals surface area contributed by atoms with Gasteiger partial charge in [0.15, 0.2) is 5.69 Å². The largest absolute Gasteiger partial charge is 0.476 e. The molecule has 0 aliphatic rings. The van der Waals surface area contributed by atoms with Crippen LogP contribution in [0, 0.1) is 0 Å². The zero-order valence-electron chi connectivity index (χ0n) is 8.14. The summed E-state index contributed by atoms with van der Waals surface area (Å²) < 4.78 is 5.93. The van der Waals surface area contributed by atoms with Crippen molar-refractivity contribution in [1.29, 1.82) is 0 Å². The van der Waals surface area contributed by atoms with Gasteiger partial charge in [0.25, 0.3) is 0 Å². The summed E-state index contributed by atoms with van der Waals surface area (Å²) in [4.78, 5) is 24.8. The van der Waals surface area contributed by atoms with E-state index in [1.165, 1.54) is 19.6 Å². The molecule has 0 aliphatic carbocycles. The van der Waals surface area contributed by atoms with E-state index in [1.807, 2.05) is 0 Å². The van der Waals surface area contributed by atoms with Crippen molar-refractivity contribution >= 4 is 12.1 Å². The van der Waals surface area contributed by atoms with Crippen molar-refractivity contribution in [2.24, 2.45) is 0 Å². The van der Waals surface area contributed by atoms with Gasteiger partial charge in [-0.3, -0.25) is 0 Å². The first-order valence-corrected chi connectivity index (χ1v) is 4.20. The van der Waals surface area contributed by atoms with Crippen molar-refractivity contribution in [3.63, 3.8) is 0 Å². The van der Waals surface area contributed by atoms with Gasteiger partial charge in [-0.1, -0.05) is 0 Å². The van der Waals surface area contributed by atoms with Gasteiger partial charge in [-0.25, -0.2) is 14.6 Å². The van der Waals surface area contributed by atoms with Gasteiger partial charge in [0, 0.05) is 19.3 Å². The quantitative estimate of drug-likeness (QED) is 0.730. The fourth-order valence-electron chi connectivity index (χ4n) is 0.952. The topological polar surface area (TPSA) is 93.5 Å². The van der Waals surface area contributed by atoms with Crippen LogP contribution in [0.5, 0.6) is 0 Å². The Kier molecular flexibility index (Phi) is 3.67. The Morgan fingerprint density at radius 3 is 2.93 bits per heavy atom. The number of ether oxygens (including phenoxy) is 1. The number of aromatic nitrogens is 2. The van der Waals surface area contributed by atoms with Gasteiger partial charge in [-0.2, -0.15) is 0 Å². The Labute approximate surface area is 85.7 Å². The van der Waals surface area contributed by atoms with Crippen LogP contribution in [0.4, 0.5) is 4.79 Å². The minimum absolute atomic E-state index is 0.0203. The maximum atomic E-state index is 10.7. The maximum absolute atomic E-state index is 10.7. The number of hydrogen-bond acceptors (Lipinski definition) is 4. The molecule has 0 aromatic carbocycles. The summed E-state index contributed by atoms with van der Waals surface area (Å²) in [5, 5.41) is 11.0. The number of carboxylic acids is 1. The lowest BCUT2D eigenvalue weighted by Gasteiger charge is -2.03. The number of carbonyl (C=O) groups excluding carboxylic acids is 1. The van der Waals surface area contributed by atoms with E-state index in [0.717, 1.165) is 0 Å². The zero-order chi connectivity index (χ0) is 11.3. The average molecular weight is 213 g/mol. The molecule has 1 heterocycles. The maximum Gasteiger partial charge on any atom is 0.406 e. The van der Waals surface area contributed by atoms with E-state index < -0.39 is 12.1 Å².